The normalized spacial score (nSPS) is 13.8. The van der Waals surface area contributed by atoms with Gasteiger partial charge in [-0.15, -0.1) is 0 Å². The van der Waals surface area contributed by atoms with Gasteiger partial charge in [-0.1, -0.05) is 18.2 Å². The van der Waals surface area contributed by atoms with E-state index < -0.39 is 12.1 Å². The molecule has 0 spiro atoms. The van der Waals surface area contributed by atoms with Crippen LogP contribution in [0.15, 0.2) is 42.5 Å². The highest BCUT2D eigenvalue weighted by Gasteiger charge is 2.17. The van der Waals surface area contributed by atoms with Crippen molar-refractivity contribution < 1.29 is 19.4 Å². The summed E-state index contributed by atoms with van der Waals surface area (Å²) in [6.07, 6.45) is 2.66. The lowest BCUT2D eigenvalue weighted by atomic mass is 10.1. The number of hydrogen-bond acceptors (Lipinski definition) is 3. The Kier molecular flexibility index (Phi) is 5.03. The lowest BCUT2D eigenvalue weighted by Gasteiger charge is -2.15. The van der Waals surface area contributed by atoms with Crippen LogP contribution in [-0.4, -0.2) is 23.1 Å². The van der Waals surface area contributed by atoms with Gasteiger partial charge in [-0.05, 0) is 67.1 Å². The van der Waals surface area contributed by atoms with Gasteiger partial charge in [0.1, 0.15) is 5.75 Å². The number of carboxylic acid groups (broad SMARTS) is 1. The van der Waals surface area contributed by atoms with Gasteiger partial charge >= 0.3 is 5.97 Å². The number of anilines is 1. The van der Waals surface area contributed by atoms with Gasteiger partial charge < -0.3 is 15.2 Å². The van der Waals surface area contributed by atoms with E-state index >= 15 is 0 Å². The van der Waals surface area contributed by atoms with Gasteiger partial charge in [0.2, 0.25) is 0 Å². The molecule has 0 unspecified atom stereocenters. The van der Waals surface area contributed by atoms with E-state index in [-0.39, 0.29) is 12.3 Å². The Bertz CT molecular complexity index is 783. The quantitative estimate of drug-likeness (QED) is 0.847. The van der Waals surface area contributed by atoms with Crippen LogP contribution in [0.5, 0.6) is 5.75 Å². The summed E-state index contributed by atoms with van der Waals surface area (Å²) in [4.78, 5) is 23.0. The van der Waals surface area contributed by atoms with Gasteiger partial charge in [-0.2, -0.15) is 0 Å². The molecule has 25 heavy (non-hydrogen) atoms. The number of fused-ring (bicyclic) bond motifs is 1. The number of ether oxygens (including phenoxy) is 1. The molecular weight excluding hydrogens is 318 g/mol. The zero-order valence-electron chi connectivity index (χ0n) is 14.1. The Labute approximate surface area is 146 Å². The number of aliphatic carboxylic acids is 1. The molecule has 0 radical (unpaired) electrons. The summed E-state index contributed by atoms with van der Waals surface area (Å²) in [5, 5.41) is 11.7. The molecule has 0 saturated heterocycles. The molecule has 0 aromatic heterocycles. The molecule has 0 heterocycles. The van der Waals surface area contributed by atoms with Crippen molar-refractivity contribution in [3.63, 3.8) is 0 Å². The third-order valence-corrected chi connectivity index (χ3v) is 4.33. The third-order valence-electron chi connectivity index (χ3n) is 4.33. The Hall–Kier alpha value is -2.82. The fourth-order valence-corrected chi connectivity index (χ4v) is 3.01. The molecule has 2 aromatic carbocycles. The summed E-state index contributed by atoms with van der Waals surface area (Å²) in [6.45, 7) is 1.69. The first-order valence-electron chi connectivity index (χ1n) is 8.41. The summed E-state index contributed by atoms with van der Waals surface area (Å²) in [5.74, 6) is -0.561. The number of hydrogen-bond donors (Lipinski definition) is 2. The van der Waals surface area contributed by atoms with Gasteiger partial charge in [-0.25, -0.2) is 0 Å². The Morgan fingerprint density at radius 1 is 1.12 bits per heavy atom. The zero-order valence-corrected chi connectivity index (χ0v) is 14.1. The number of benzene rings is 2. The number of rotatable bonds is 6. The van der Waals surface area contributed by atoms with Crippen LogP contribution >= 0.6 is 0 Å². The maximum atomic E-state index is 12.3. The van der Waals surface area contributed by atoms with Crippen molar-refractivity contribution in [1.82, 2.24) is 0 Å². The largest absolute Gasteiger partial charge is 0.481 e. The molecule has 0 fully saturated rings. The predicted octanol–water partition coefficient (Wildman–Crippen LogP) is 3.21. The second-order valence-corrected chi connectivity index (χ2v) is 6.30. The molecule has 5 heteroatoms. The average Bonchev–Trinajstić information content (AvgIpc) is 3.03. The minimum atomic E-state index is -0.879. The lowest BCUT2D eigenvalue weighted by molar-refractivity contribution is -0.136. The van der Waals surface area contributed by atoms with Crippen LogP contribution in [0.25, 0.3) is 0 Å². The Balaban J connectivity index is 1.58. The first-order valence-corrected chi connectivity index (χ1v) is 8.41. The van der Waals surface area contributed by atoms with Crippen molar-refractivity contribution in [3.05, 3.63) is 59.2 Å². The molecule has 130 valence electrons. The number of nitrogens with one attached hydrogen (secondary N) is 1. The number of carboxylic acids is 1. The molecule has 0 bridgehead atoms. The minimum absolute atomic E-state index is 0.0331. The average molecular weight is 339 g/mol. The van der Waals surface area contributed by atoms with Crippen molar-refractivity contribution in [3.8, 4) is 5.75 Å². The van der Waals surface area contributed by atoms with E-state index in [2.05, 4.69) is 11.4 Å². The molecule has 0 aliphatic heterocycles. The van der Waals surface area contributed by atoms with Crippen LogP contribution in [0, 0.1) is 0 Å². The van der Waals surface area contributed by atoms with Crippen LogP contribution in [0.1, 0.15) is 30.0 Å². The molecular formula is C20H21NO4. The van der Waals surface area contributed by atoms with Crippen LogP contribution in [0.3, 0.4) is 0 Å². The molecule has 0 saturated carbocycles. The smallest absolute Gasteiger partial charge is 0.307 e. The minimum Gasteiger partial charge on any atom is -0.481 e. The van der Waals surface area contributed by atoms with Crippen LogP contribution in [0.2, 0.25) is 0 Å². The van der Waals surface area contributed by atoms with Crippen LogP contribution in [-0.2, 0) is 28.9 Å². The molecule has 1 aliphatic carbocycles. The summed E-state index contributed by atoms with van der Waals surface area (Å²) < 4.78 is 5.64. The van der Waals surface area contributed by atoms with Gasteiger partial charge in [0.15, 0.2) is 6.10 Å². The van der Waals surface area contributed by atoms with E-state index in [0.29, 0.717) is 11.3 Å². The van der Waals surface area contributed by atoms with E-state index in [0.717, 1.165) is 18.5 Å². The van der Waals surface area contributed by atoms with Crippen LogP contribution < -0.4 is 10.1 Å². The van der Waals surface area contributed by atoms with Crippen molar-refractivity contribution >= 4 is 17.6 Å². The molecule has 1 atom stereocenters. The first-order chi connectivity index (χ1) is 12.0. The van der Waals surface area contributed by atoms with E-state index in [4.69, 9.17) is 9.84 Å². The van der Waals surface area contributed by atoms with Gasteiger partial charge in [0.05, 0.1) is 6.42 Å². The molecule has 2 N–H and O–H groups in total. The summed E-state index contributed by atoms with van der Waals surface area (Å²) >= 11 is 0. The first kappa shape index (κ1) is 17.0. The maximum absolute atomic E-state index is 12.3. The van der Waals surface area contributed by atoms with Gasteiger partial charge in [-0.3, -0.25) is 9.59 Å². The van der Waals surface area contributed by atoms with Gasteiger partial charge in [0.25, 0.3) is 5.91 Å². The Morgan fingerprint density at radius 2 is 1.84 bits per heavy atom. The predicted molar refractivity (Wildman–Crippen MR) is 95.0 cm³/mol. The summed E-state index contributed by atoms with van der Waals surface area (Å²) in [6, 6.07) is 12.8. The fourth-order valence-electron chi connectivity index (χ4n) is 3.01. The van der Waals surface area contributed by atoms with E-state index in [9.17, 15) is 9.59 Å². The van der Waals surface area contributed by atoms with E-state index in [1.54, 1.807) is 31.2 Å². The topological polar surface area (TPSA) is 75.6 Å². The third kappa shape index (κ3) is 4.38. The summed E-state index contributed by atoms with van der Waals surface area (Å²) in [7, 11) is 0. The highest BCUT2D eigenvalue weighted by Crippen LogP contribution is 2.25. The molecule has 1 amide bonds. The molecule has 3 rings (SSSR count). The zero-order chi connectivity index (χ0) is 17.8. The van der Waals surface area contributed by atoms with E-state index in [1.165, 1.54) is 17.5 Å². The second-order valence-electron chi connectivity index (χ2n) is 6.30. The van der Waals surface area contributed by atoms with Crippen molar-refractivity contribution in [2.75, 3.05) is 5.32 Å². The standard InChI is InChI=1S/C20H21NO4/c1-13(25-18-9-5-14(6-10-18)11-19(22)23)20(24)21-17-8-7-15-3-2-4-16(15)12-17/h5-10,12-13H,2-4,11H2,1H3,(H,21,24)(H,22,23)/t13-/m0/s1. The highest BCUT2D eigenvalue weighted by atomic mass is 16.5. The number of carbonyl (C=O) groups is 2. The lowest BCUT2D eigenvalue weighted by Crippen LogP contribution is -2.30. The van der Waals surface area contributed by atoms with Crippen molar-refractivity contribution in [1.29, 1.82) is 0 Å². The highest BCUT2D eigenvalue weighted by molar-refractivity contribution is 5.94. The SMILES string of the molecule is C[C@H](Oc1ccc(CC(=O)O)cc1)C(=O)Nc1ccc2c(c1)CCC2. The monoisotopic (exact) mass is 339 g/mol. The number of aryl methyl sites for hydroxylation is 2. The van der Waals surface area contributed by atoms with Gasteiger partial charge in [0, 0.05) is 5.69 Å². The number of carbonyl (C=O) groups excluding carboxylic acids is 1. The maximum Gasteiger partial charge on any atom is 0.307 e. The number of amides is 1. The fraction of sp³-hybridized carbons (Fsp3) is 0.300. The molecule has 5 nitrogen and oxygen atoms in total. The van der Waals surface area contributed by atoms with E-state index in [1.807, 2.05) is 12.1 Å². The molecule has 1 aliphatic rings. The summed E-state index contributed by atoms with van der Waals surface area (Å²) in [5.41, 5.74) is 4.15. The second kappa shape index (κ2) is 7.38. The Morgan fingerprint density at radius 3 is 2.56 bits per heavy atom. The van der Waals surface area contributed by atoms with Crippen LogP contribution in [0.4, 0.5) is 5.69 Å². The van der Waals surface area contributed by atoms with Crippen molar-refractivity contribution in [2.45, 2.75) is 38.7 Å². The van der Waals surface area contributed by atoms with Crippen molar-refractivity contribution in [2.24, 2.45) is 0 Å². The molecule has 2 aromatic rings.